The first-order chi connectivity index (χ1) is 12.6. The summed E-state index contributed by atoms with van der Waals surface area (Å²) in [6.45, 7) is 8.42. The van der Waals surface area contributed by atoms with Crippen LogP contribution in [-0.4, -0.2) is 59.1 Å². The standard InChI is InChI=1S/C20H34N2O5/c1-5-27-19(26)17(24)14(11-13-8-9-13)21-18(25)15-7-6-10-22(15)16(23)12-20(2,3)4/h13-15,17,24H,5-12H2,1-4H3,(H,21,25). The van der Waals surface area contributed by atoms with Gasteiger partial charge >= 0.3 is 5.97 Å². The molecule has 1 heterocycles. The van der Waals surface area contributed by atoms with Crippen LogP contribution in [0.3, 0.4) is 0 Å². The Bertz CT molecular complexity index is 553. The van der Waals surface area contributed by atoms with Gasteiger partial charge in [0.05, 0.1) is 12.6 Å². The minimum absolute atomic E-state index is 0.0233. The Kier molecular flexibility index (Phi) is 7.25. The van der Waals surface area contributed by atoms with Crippen LogP contribution in [0.4, 0.5) is 0 Å². The van der Waals surface area contributed by atoms with Crippen molar-refractivity contribution in [3.05, 3.63) is 0 Å². The fourth-order valence-corrected chi connectivity index (χ4v) is 3.54. The molecule has 154 valence electrons. The van der Waals surface area contributed by atoms with E-state index in [2.05, 4.69) is 5.32 Å². The zero-order valence-corrected chi connectivity index (χ0v) is 17.0. The summed E-state index contributed by atoms with van der Waals surface area (Å²) in [7, 11) is 0. The van der Waals surface area contributed by atoms with Crippen molar-refractivity contribution in [1.29, 1.82) is 0 Å². The van der Waals surface area contributed by atoms with Gasteiger partial charge in [-0.15, -0.1) is 0 Å². The number of hydrogen-bond donors (Lipinski definition) is 2. The molecule has 3 unspecified atom stereocenters. The third-order valence-electron chi connectivity index (χ3n) is 5.08. The van der Waals surface area contributed by atoms with Crippen LogP contribution in [0, 0.1) is 11.3 Å². The van der Waals surface area contributed by atoms with E-state index >= 15 is 0 Å². The zero-order chi connectivity index (χ0) is 20.2. The van der Waals surface area contributed by atoms with Crippen molar-refractivity contribution in [1.82, 2.24) is 10.2 Å². The molecule has 0 aromatic heterocycles. The van der Waals surface area contributed by atoms with Crippen molar-refractivity contribution in [2.45, 2.75) is 84.4 Å². The van der Waals surface area contributed by atoms with Crippen LogP contribution in [0.25, 0.3) is 0 Å². The third kappa shape index (κ3) is 6.48. The summed E-state index contributed by atoms with van der Waals surface area (Å²) in [4.78, 5) is 39.0. The van der Waals surface area contributed by atoms with E-state index in [4.69, 9.17) is 4.74 Å². The molecular weight excluding hydrogens is 348 g/mol. The Morgan fingerprint density at radius 2 is 1.89 bits per heavy atom. The van der Waals surface area contributed by atoms with Gasteiger partial charge in [0, 0.05) is 13.0 Å². The Balaban J connectivity index is 2.02. The first-order valence-electron chi connectivity index (χ1n) is 10.1. The summed E-state index contributed by atoms with van der Waals surface area (Å²) >= 11 is 0. The summed E-state index contributed by atoms with van der Waals surface area (Å²) in [5.74, 6) is -0.606. The van der Waals surface area contributed by atoms with E-state index in [9.17, 15) is 19.5 Å². The molecule has 2 N–H and O–H groups in total. The van der Waals surface area contributed by atoms with Gasteiger partial charge in [-0.2, -0.15) is 0 Å². The molecule has 27 heavy (non-hydrogen) atoms. The highest BCUT2D eigenvalue weighted by atomic mass is 16.5. The SMILES string of the molecule is CCOC(=O)C(O)C(CC1CC1)NC(=O)C1CCCN1C(=O)CC(C)(C)C. The molecule has 2 aliphatic rings. The van der Waals surface area contributed by atoms with Crippen LogP contribution in [0.1, 0.15) is 66.2 Å². The minimum Gasteiger partial charge on any atom is -0.464 e. The molecule has 0 aromatic carbocycles. The average Bonchev–Trinajstić information content (AvgIpc) is 3.23. The smallest absolute Gasteiger partial charge is 0.337 e. The molecule has 1 saturated carbocycles. The van der Waals surface area contributed by atoms with Crippen LogP contribution in [-0.2, 0) is 19.1 Å². The normalized spacial score (nSPS) is 22.3. The molecule has 2 amide bonds. The van der Waals surface area contributed by atoms with Crippen LogP contribution >= 0.6 is 0 Å². The van der Waals surface area contributed by atoms with Crippen molar-refractivity contribution >= 4 is 17.8 Å². The lowest BCUT2D eigenvalue weighted by atomic mass is 9.91. The van der Waals surface area contributed by atoms with Gasteiger partial charge in [-0.05, 0) is 37.5 Å². The maximum Gasteiger partial charge on any atom is 0.337 e. The fraction of sp³-hybridized carbons (Fsp3) is 0.850. The number of esters is 1. The monoisotopic (exact) mass is 382 g/mol. The maximum absolute atomic E-state index is 12.9. The highest BCUT2D eigenvalue weighted by Crippen LogP contribution is 2.34. The molecule has 0 radical (unpaired) electrons. The van der Waals surface area contributed by atoms with Crippen molar-refractivity contribution in [3.63, 3.8) is 0 Å². The number of hydrogen-bond acceptors (Lipinski definition) is 5. The zero-order valence-electron chi connectivity index (χ0n) is 17.0. The Hall–Kier alpha value is -1.63. The van der Waals surface area contributed by atoms with Gasteiger partial charge < -0.3 is 20.1 Å². The Morgan fingerprint density at radius 3 is 2.44 bits per heavy atom. The van der Waals surface area contributed by atoms with Crippen molar-refractivity contribution in [2.75, 3.05) is 13.2 Å². The summed E-state index contributed by atoms with van der Waals surface area (Å²) in [6.07, 6.45) is 3.02. The van der Waals surface area contributed by atoms with Crippen molar-refractivity contribution in [2.24, 2.45) is 11.3 Å². The van der Waals surface area contributed by atoms with Gasteiger partial charge in [0.1, 0.15) is 6.04 Å². The number of carbonyl (C=O) groups excluding carboxylic acids is 3. The second kappa shape index (κ2) is 9.04. The number of likely N-dealkylation sites (tertiary alicyclic amines) is 1. The molecule has 2 fully saturated rings. The minimum atomic E-state index is -1.38. The molecule has 0 aromatic rings. The van der Waals surface area contributed by atoms with E-state index in [1.807, 2.05) is 20.8 Å². The Morgan fingerprint density at radius 1 is 1.22 bits per heavy atom. The summed E-state index contributed by atoms with van der Waals surface area (Å²) in [5.41, 5.74) is -0.144. The van der Waals surface area contributed by atoms with Crippen molar-refractivity contribution in [3.8, 4) is 0 Å². The van der Waals surface area contributed by atoms with Gasteiger partial charge in [0.2, 0.25) is 11.8 Å². The molecule has 3 atom stereocenters. The van der Waals surface area contributed by atoms with Crippen LogP contribution in [0.2, 0.25) is 0 Å². The quantitative estimate of drug-likeness (QED) is 0.622. The number of rotatable bonds is 8. The van der Waals surface area contributed by atoms with E-state index in [1.54, 1.807) is 11.8 Å². The fourth-order valence-electron chi connectivity index (χ4n) is 3.54. The Labute approximate surface area is 161 Å². The van der Waals surface area contributed by atoms with Gasteiger partial charge in [0.15, 0.2) is 6.10 Å². The number of carbonyl (C=O) groups is 3. The highest BCUT2D eigenvalue weighted by molar-refractivity contribution is 5.89. The largest absolute Gasteiger partial charge is 0.464 e. The second-order valence-corrected chi connectivity index (χ2v) is 8.97. The topological polar surface area (TPSA) is 95.9 Å². The van der Waals surface area contributed by atoms with E-state index in [-0.39, 0.29) is 23.8 Å². The lowest BCUT2D eigenvalue weighted by molar-refractivity contribution is -0.155. The summed E-state index contributed by atoms with van der Waals surface area (Å²) in [6, 6.07) is -1.21. The van der Waals surface area contributed by atoms with E-state index in [1.165, 1.54) is 0 Å². The predicted molar refractivity (Wildman–Crippen MR) is 101 cm³/mol. The second-order valence-electron chi connectivity index (χ2n) is 8.97. The van der Waals surface area contributed by atoms with Gasteiger partial charge in [-0.3, -0.25) is 9.59 Å². The van der Waals surface area contributed by atoms with Gasteiger partial charge in [-0.1, -0.05) is 33.6 Å². The van der Waals surface area contributed by atoms with Gasteiger partial charge in [0.25, 0.3) is 0 Å². The molecule has 0 bridgehead atoms. The third-order valence-corrected chi connectivity index (χ3v) is 5.08. The number of ether oxygens (including phenoxy) is 1. The molecule has 7 nitrogen and oxygen atoms in total. The lowest BCUT2D eigenvalue weighted by Gasteiger charge is -2.30. The lowest BCUT2D eigenvalue weighted by Crippen LogP contribution is -2.54. The van der Waals surface area contributed by atoms with Crippen LogP contribution in [0.15, 0.2) is 0 Å². The first kappa shape index (κ1) is 21.7. The van der Waals surface area contributed by atoms with E-state index < -0.39 is 24.2 Å². The maximum atomic E-state index is 12.9. The number of aliphatic hydroxyl groups excluding tert-OH is 1. The predicted octanol–water partition coefficient (Wildman–Crippen LogP) is 1.62. The van der Waals surface area contributed by atoms with Crippen LogP contribution < -0.4 is 5.32 Å². The molecule has 2 rings (SSSR count). The summed E-state index contributed by atoms with van der Waals surface area (Å²) in [5, 5.41) is 13.2. The molecular formula is C20H34N2O5. The molecule has 7 heteroatoms. The van der Waals surface area contributed by atoms with E-state index in [0.29, 0.717) is 31.7 Å². The number of nitrogens with zero attached hydrogens (tertiary/aromatic N) is 1. The number of nitrogens with one attached hydrogen (secondary N) is 1. The van der Waals surface area contributed by atoms with Crippen LogP contribution in [0.5, 0.6) is 0 Å². The first-order valence-corrected chi connectivity index (χ1v) is 10.1. The average molecular weight is 383 g/mol. The highest BCUT2D eigenvalue weighted by Gasteiger charge is 2.39. The van der Waals surface area contributed by atoms with E-state index in [0.717, 1.165) is 19.3 Å². The number of amides is 2. The van der Waals surface area contributed by atoms with Gasteiger partial charge in [-0.25, -0.2) is 4.79 Å². The number of aliphatic hydroxyl groups is 1. The van der Waals surface area contributed by atoms with Crippen molar-refractivity contribution < 1.29 is 24.2 Å². The molecule has 1 aliphatic heterocycles. The molecule has 1 aliphatic carbocycles. The summed E-state index contributed by atoms with van der Waals surface area (Å²) < 4.78 is 4.90. The molecule has 1 saturated heterocycles. The molecule has 0 spiro atoms.